The molecule has 0 amide bonds. The van der Waals surface area contributed by atoms with Gasteiger partial charge in [0.25, 0.3) is 0 Å². The minimum atomic E-state index is -3.13. The van der Waals surface area contributed by atoms with E-state index < -0.39 is 7.14 Å². The van der Waals surface area contributed by atoms with Crippen molar-refractivity contribution < 1.29 is 4.57 Å². The summed E-state index contributed by atoms with van der Waals surface area (Å²) in [5, 5.41) is 7.10. The second-order valence-electron chi connectivity index (χ2n) is 7.37. The minimum Gasteiger partial charge on any atom is -0.309 e. The topological polar surface area (TPSA) is 17.1 Å². The lowest BCUT2D eigenvalue weighted by Gasteiger charge is -2.25. The highest BCUT2D eigenvalue weighted by molar-refractivity contribution is 14.1. The maximum absolute atomic E-state index is 15.4. The fraction of sp³-hybridized carbons (Fsp3) is 0.0370. The van der Waals surface area contributed by atoms with Crippen LogP contribution in [0.4, 0.5) is 0 Å². The first-order valence-corrected chi connectivity index (χ1v) is 13.2. The SMILES string of the molecule is O=P(c1ccccc1CI)(c1cccc2ccccc12)c1cccc2ccccc12. The molecule has 0 saturated heterocycles. The van der Waals surface area contributed by atoms with Gasteiger partial charge in [0, 0.05) is 20.3 Å². The van der Waals surface area contributed by atoms with Crippen LogP contribution in [0.15, 0.2) is 109 Å². The molecule has 0 aliphatic rings. The molecule has 5 aromatic carbocycles. The summed E-state index contributed by atoms with van der Waals surface area (Å²) in [7, 11) is -3.13. The molecule has 0 fully saturated rings. The normalized spacial score (nSPS) is 11.8. The van der Waals surface area contributed by atoms with Crippen molar-refractivity contribution >= 4 is 67.2 Å². The van der Waals surface area contributed by atoms with Crippen molar-refractivity contribution in [2.24, 2.45) is 0 Å². The summed E-state index contributed by atoms with van der Waals surface area (Å²) in [6.07, 6.45) is 0. The lowest BCUT2D eigenvalue weighted by Crippen LogP contribution is -2.28. The van der Waals surface area contributed by atoms with Crippen LogP contribution in [0.3, 0.4) is 0 Å². The van der Waals surface area contributed by atoms with Crippen LogP contribution in [0.25, 0.3) is 21.5 Å². The predicted octanol–water partition coefficient (Wildman–Crippen LogP) is 6.57. The number of rotatable bonds is 4. The maximum atomic E-state index is 15.4. The third-order valence-corrected chi connectivity index (χ3v) is 9.76. The van der Waals surface area contributed by atoms with Crippen molar-refractivity contribution in [3.63, 3.8) is 0 Å². The summed E-state index contributed by atoms with van der Waals surface area (Å²) < 4.78 is 16.2. The van der Waals surface area contributed by atoms with Crippen LogP contribution in [0, 0.1) is 0 Å². The average Bonchev–Trinajstić information content (AvgIpc) is 2.83. The number of alkyl halides is 1. The molecule has 0 saturated carbocycles. The van der Waals surface area contributed by atoms with Crippen LogP contribution >= 0.6 is 29.7 Å². The Morgan fingerprint density at radius 1 is 0.533 bits per heavy atom. The van der Waals surface area contributed by atoms with Crippen LogP contribution in [0.1, 0.15) is 5.56 Å². The van der Waals surface area contributed by atoms with Gasteiger partial charge in [0.05, 0.1) is 0 Å². The van der Waals surface area contributed by atoms with Crippen molar-refractivity contribution in [3.05, 3.63) is 115 Å². The maximum Gasteiger partial charge on any atom is 0.172 e. The van der Waals surface area contributed by atoms with Crippen LogP contribution in [0.5, 0.6) is 0 Å². The van der Waals surface area contributed by atoms with Gasteiger partial charge in [-0.3, -0.25) is 0 Å². The molecule has 0 N–H and O–H groups in total. The molecule has 5 rings (SSSR count). The molecule has 5 aromatic rings. The first-order valence-electron chi connectivity index (χ1n) is 9.94. The number of halogens is 1. The van der Waals surface area contributed by atoms with Crippen LogP contribution in [-0.2, 0) is 8.99 Å². The van der Waals surface area contributed by atoms with Gasteiger partial charge in [-0.1, -0.05) is 132 Å². The van der Waals surface area contributed by atoms with Crippen molar-refractivity contribution in [2.45, 2.75) is 4.43 Å². The van der Waals surface area contributed by atoms with Crippen LogP contribution in [0.2, 0.25) is 0 Å². The summed E-state index contributed by atoms with van der Waals surface area (Å²) in [4.78, 5) is 0. The Bertz CT molecular complexity index is 1330. The van der Waals surface area contributed by atoms with Crippen molar-refractivity contribution in [1.82, 2.24) is 0 Å². The van der Waals surface area contributed by atoms with E-state index >= 15 is 4.57 Å². The highest BCUT2D eigenvalue weighted by Gasteiger charge is 2.34. The second-order valence-corrected chi connectivity index (χ2v) is 10.8. The molecular weight excluding hydrogens is 498 g/mol. The highest BCUT2D eigenvalue weighted by Crippen LogP contribution is 2.47. The standard InChI is InChI=1S/C27H20IOP/c28-19-22-11-3-6-16-25(22)30(29,26-17-7-12-20-9-1-4-14-23(20)26)27-18-8-13-21-10-2-5-15-24(21)27/h1-18H,19H2. The van der Waals surface area contributed by atoms with E-state index in [1.54, 1.807) is 0 Å². The van der Waals surface area contributed by atoms with Crippen molar-refractivity contribution in [2.75, 3.05) is 0 Å². The molecule has 30 heavy (non-hydrogen) atoms. The fourth-order valence-electron chi connectivity index (χ4n) is 4.29. The van der Waals surface area contributed by atoms with E-state index in [1.165, 1.54) is 0 Å². The molecule has 0 aromatic heterocycles. The minimum absolute atomic E-state index is 0.813. The molecule has 0 aliphatic heterocycles. The quantitative estimate of drug-likeness (QED) is 0.150. The third kappa shape index (κ3) is 3.10. The molecule has 0 bridgehead atoms. The third-order valence-electron chi connectivity index (χ3n) is 5.69. The summed E-state index contributed by atoms with van der Waals surface area (Å²) in [6.45, 7) is 0. The zero-order chi connectivity index (χ0) is 20.6. The molecule has 0 unspecified atom stereocenters. The highest BCUT2D eigenvalue weighted by atomic mass is 127. The van der Waals surface area contributed by atoms with Gasteiger partial charge in [-0.05, 0) is 27.1 Å². The lowest BCUT2D eigenvalue weighted by atomic mass is 10.1. The van der Waals surface area contributed by atoms with Gasteiger partial charge < -0.3 is 4.57 Å². The summed E-state index contributed by atoms with van der Waals surface area (Å²) >= 11 is 2.37. The largest absolute Gasteiger partial charge is 0.309 e. The molecule has 0 aliphatic carbocycles. The monoisotopic (exact) mass is 518 g/mol. The Morgan fingerprint density at radius 3 is 1.53 bits per heavy atom. The van der Waals surface area contributed by atoms with Gasteiger partial charge in [0.15, 0.2) is 7.14 Å². The Labute approximate surface area is 190 Å². The number of benzene rings is 5. The van der Waals surface area contributed by atoms with Crippen molar-refractivity contribution in [1.29, 1.82) is 0 Å². The summed E-state index contributed by atoms with van der Waals surface area (Å²) in [6, 6.07) is 37.1. The zero-order valence-electron chi connectivity index (χ0n) is 16.3. The Morgan fingerprint density at radius 2 is 0.967 bits per heavy atom. The molecule has 0 spiro atoms. The van der Waals surface area contributed by atoms with E-state index in [0.29, 0.717) is 0 Å². The molecule has 146 valence electrons. The summed E-state index contributed by atoms with van der Waals surface area (Å²) in [5.74, 6) is 0. The van der Waals surface area contributed by atoms with E-state index in [0.717, 1.165) is 47.4 Å². The second kappa shape index (κ2) is 8.02. The Balaban J connectivity index is 1.96. The van der Waals surface area contributed by atoms with E-state index in [4.69, 9.17) is 0 Å². The molecule has 0 radical (unpaired) electrons. The number of fused-ring (bicyclic) bond motifs is 2. The van der Waals surface area contributed by atoms with Gasteiger partial charge in [-0.2, -0.15) is 0 Å². The van der Waals surface area contributed by atoms with E-state index in [2.05, 4.69) is 83.3 Å². The summed E-state index contributed by atoms with van der Waals surface area (Å²) in [5.41, 5.74) is 1.13. The van der Waals surface area contributed by atoms with Gasteiger partial charge in [-0.15, -0.1) is 0 Å². The van der Waals surface area contributed by atoms with Gasteiger partial charge in [0.1, 0.15) is 0 Å². The zero-order valence-corrected chi connectivity index (χ0v) is 19.4. The Hall–Kier alpha value is -2.42. The van der Waals surface area contributed by atoms with Crippen LogP contribution in [-0.4, -0.2) is 0 Å². The predicted molar refractivity (Wildman–Crippen MR) is 139 cm³/mol. The lowest BCUT2D eigenvalue weighted by molar-refractivity contribution is 0.592. The molecule has 0 atom stereocenters. The molecule has 1 nitrogen and oxygen atoms in total. The van der Waals surface area contributed by atoms with E-state index in [-0.39, 0.29) is 0 Å². The molecule has 0 heterocycles. The number of hydrogen-bond donors (Lipinski definition) is 0. The van der Waals surface area contributed by atoms with Gasteiger partial charge in [0.2, 0.25) is 0 Å². The fourth-order valence-corrected chi connectivity index (χ4v) is 8.56. The Kier molecular flexibility index (Phi) is 5.22. The van der Waals surface area contributed by atoms with Crippen LogP contribution < -0.4 is 15.9 Å². The first-order chi connectivity index (χ1) is 14.7. The first kappa shape index (κ1) is 19.5. The average molecular weight is 518 g/mol. The number of hydrogen-bond acceptors (Lipinski definition) is 1. The van der Waals surface area contributed by atoms with Gasteiger partial charge in [-0.25, -0.2) is 0 Å². The molecular formula is C27H20IOP. The molecule has 3 heteroatoms. The van der Waals surface area contributed by atoms with Crippen molar-refractivity contribution in [3.8, 4) is 0 Å². The van der Waals surface area contributed by atoms with E-state index in [1.807, 2.05) is 48.5 Å². The van der Waals surface area contributed by atoms with Gasteiger partial charge >= 0.3 is 0 Å². The van der Waals surface area contributed by atoms with E-state index in [9.17, 15) is 0 Å². The smallest absolute Gasteiger partial charge is 0.172 e.